The van der Waals surface area contributed by atoms with Crippen LogP contribution in [0.4, 0.5) is 0 Å². The van der Waals surface area contributed by atoms with E-state index in [0.29, 0.717) is 6.04 Å². The van der Waals surface area contributed by atoms with E-state index in [-0.39, 0.29) is 0 Å². The molecule has 0 aromatic carbocycles. The van der Waals surface area contributed by atoms with E-state index < -0.39 is 0 Å². The minimum absolute atomic E-state index is 0.428. The summed E-state index contributed by atoms with van der Waals surface area (Å²) >= 11 is 1.84. The molecule has 1 aliphatic rings. The van der Waals surface area contributed by atoms with Gasteiger partial charge in [-0.05, 0) is 43.4 Å². The number of rotatable bonds is 7. The number of aromatic nitrogens is 2. The number of nitrogens with one attached hydrogen (secondary N) is 2. The smallest absolute Gasteiger partial charge is 0.191 e. The topological polar surface area (TPSA) is 57.5 Å². The zero-order valence-corrected chi connectivity index (χ0v) is 15.0. The third-order valence-corrected chi connectivity index (χ3v) is 5.31. The van der Waals surface area contributed by atoms with Gasteiger partial charge < -0.3 is 10.6 Å². The maximum absolute atomic E-state index is 4.34. The van der Waals surface area contributed by atoms with Crippen LogP contribution in [0.1, 0.15) is 23.8 Å². The number of hydrogen-bond donors (Lipinski definition) is 2. The van der Waals surface area contributed by atoms with Crippen molar-refractivity contribution < 1.29 is 0 Å². The van der Waals surface area contributed by atoms with Gasteiger partial charge in [0.05, 0.1) is 12.6 Å². The molecule has 1 atom stereocenters. The van der Waals surface area contributed by atoms with Crippen LogP contribution in [-0.4, -0.2) is 53.9 Å². The summed E-state index contributed by atoms with van der Waals surface area (Å²) in [7, 11) is 1.82. The van der Waals surface area contributed by atoms with Gasteiger partial charge in [-0.25, -0.2) is 0 Å². The van der Waals surface area contributed by atoms with Crippen LogP contribution in [0.5, 0.6) is 0 Å². The summed E-state index contributed by atoms with van der Waals surface area (Å²) in [5.74, 6) is 0.850. The van der Waals surface area contributed by atoms with Crippen LogP contribution < -0.4 is 10.6 Å². The summed E-state index contributed by atoms with van der Waals surface area (Å²) in [6, 6.07) is 6.75. The Labute approximate surface area is 147 Å². The summed E-state index contributed by atoms with van der Waals surface area (Å²) in [5, 5.41) is 13.2. The van der Waals surface area contributed by atoms with Crippen molar-refractivity contribution >= 4 is 17.3 Å². The average molecular weight is 347 g/mol. The van der Waals surface area contributed by atoms with Crippen molar-refractivity contribution in [1.82, 2.24) is 25.3 Å². The lowest BCUT2D eigenvalue weighted by atomic mass is 10.2. The van der Waals surface area contributed by atoms with Gasteiger partial charge in [0, 0.05) is 37.4 Å². The minimum atomic E-state index is 0.428. The van der Waals surface area contributed by atoms with Crippen molar-refractivity contribution in [2.75, 3.05) is 33.2 Å². The van der Waals surface area contributed by atoms with Crippen LogP contribution in [0.2, 0.25) is 0 Å². The third kappa shape index (κ3) is 4.58. The molecule has 0 saturated carbocycles. The summed E-state index contributed by atoms with van der Waals surface area (Å²) in [6.45, 7) is 4.88. The Hall–Kier alpha value is -1.86. The second-order valence-corrected chi connectivity index (χ2v) is 6.90. The third-order valence-electron chi connectivity index (χ3n) is 4.33. The summed E-state index contributed by atoms with van der Waals surface area (Å²) in [4.78, 5) is 8.34. The standard InChI is InChI=1S/C17H26N6S/c1-18-17(19-8-12-23-11-5-7-21-23)20-14-15(16-6-4-13-24-16)22-9-2-3-10-22/h4-7,11,13,15H,2-3,8-10,12,14H2,1H3,(H2,18,19,20). The first-order valence-electron chi connectivity index (χ1n) is 8.56. The Morgan fingerprint density at radius 2 is 2.21 bits per heavy atom. The molecule has 0 bridgehead atoms. The Balaban J connectivity index is 1.50. The molecule has 130 valence electrons. The first-order chi connectivity index (χ1) is 11.9. The predicted molar refractivity (Wildman–Crippen MR) is 99.5 cm³/mol. The van der Waals surface area contributed by atoms with Gasteiger partial charge in [0.2, 0.25) is 0 Å². The zero-order chi connectivity index (χ0) is 16.6. The fraction of sp³-hybridized carbons (Fsp3) is 0.529. The molecule has 2 aromatic rings. The van der Waals surface area contributed by atoms with Gasteiger partial charge in [0.15, 0.2) is 5.96 Å². The molecule has 0 spiro atoms. The SMILES string of the molecule is CN=C(NCCn1cccn1)NCC(c1cccs1)N1CCCC1. The molecule has 2 N–H and O–H groups in total. The molecule has 2 aromatic heterocycles. The molecule has 7 heteroatoms. The van der Waals surface area contributed by atoms with Crippen LogP contribution >= 0.6 is 11.3 Å². The summed E-state index contributed by atoms with van der Waals surface area (Å²) in [6.07, 6.45) is 6.38. The van der Waals surface area contributed by atoms with Crippen molar-refractivity contribution in [3.05, 3.63) is 40.8 Å². The van der Waals surface area contributed by atoms with E-state index in [9.17, 15) is 0 Å². The molecule has 0 amide bonds. The fourth-order valence-electron chi connectivity index (χ4n) is 3.08. The monoisotopic (exact) mass is 346 g/mol. The van der Waals surface area contributed by atoms with Gasteiger partial charge in [-0.15, -0.1) is 11.3 Å². The molecule has 0 radical (unpaired) electrons. The highest BCUT2D eigenvalue weighted by Crippen LogP contribution is 2.27. The van der Waals surface area contributed by atoms with Crippen molar-refractivity contribution in [2.24, 2.45) is 4.99 Å². The van der Waals surface area contributed by atoms with E-state index in [0.717, 1.165) is 25.6 Å². The number of guanidine groups is 1. The van der Waals surface area contributed by atoms with Crippen LogP contribution in [0.25, 0.3) is 0 Å². The molecule has 3 heterocycles. The molecule has 6 nitrogen and oxygen atoms in total. The average Bonchev–Trinajstić information content (AvgIpc) is 3.35. The van der Waals surface area contributed by atoms with Crippen molar-refractivity contribution in [2.45, 2.75) is 25.4 Å². The van der Waals surface area contributed by atoms with Crippen LogP contribution in [0.3, 0.4) is 0 Å². The largest absolute Gasteiger partial charge is 0.355 e. The Morgan fingerprint density at radius 3 is 2.88 bits per heavy atom. The minimum Gasteiger partial charge on any atom is -0.355 e. The first kappa shape index (κ1) is 17.0. The van der Waals surface area contributed by atoms with E-state index in [1.165, 1.54) is 30.8 Å². The fourth-order valence-corrected chi connectivity index (χ4v) is 3.94. The second kappa shape index (κ2) is 8.84. The van der Waals surface area contributed by atoms with Gasteiger partial charge in [-0.1, -0.05) is 6.07 Å². The lowest BCUT2D eigenvalue weighted by Crippen LogP contribution is -2.43. The number of thiophene rings is 1. The molecular weight excluding hydrogens is 320 g/mol. The Bertz CT molecular complexity index is 601. The molecule has 3 rings (SSSR count). The molecule has 1 saturated heterocycles. The van der Waals surface area contributed by atoms with Gasteiger partial charge in [-0.3, -0.25) is 14.6 Å². The predicted octanol–water partition coefficient (Wildman–Crippen LogP) is 1.95. The molecule has 0 aliphatic carbocycles. The summed E-state index contributed by atoms with van der Waals surface area (Å²) < 4.78 is 1.92. The highest BCUT2D eigenvalue weighted by atomic mass is 32.1. The van der Waals surface area contributed by atoms with Crippen molar-refractivity contribution in [1.29, 1.82) is 0 Å². The van der Waals surface area contributed by atoms with E-state index in [4.69, 9.17) is 0 Å². The van der Waals surface area contributed by atoms with Crippen molar-refractivity contribution in [3.8, 4) is 0 Å². The first-order valence-corrected chi connectivity index (χ1v) is 9.44. The van der Waals surface area contributed by atoms with Crippen LogP contribution in [-0.2, 0) is 6.54 Å². The van der Waals surface area contributed by atoms with Gasteiger partial charge in [-0.2, -0.15) is 5.10 Å². The molecule has 1 aliphatic heterocycles. The van der Waals surface area contributed by atoms with Gasteiger partial charge in [0.25, 0.3) is 0 Å². The van der Waals surface area contributed by atoms with E-state index in [1.807, 2.05) is 35.3 Å². The van der Waals surface area contributed by atoms with Crippen LogP contribution in [0, 0.1) is 0 Å². The lowest BCUT2D eigenvalue weighted by Gasteiger charge is -2.27. The Morgan fingerprint density at radius 1 is 1.33 bits per heavy atom. The maximum atomic E-state index is 4.34. The molecule has 24 heavy (non-hydrogen) atoms. The quantitative estimate of drug-likeness (QED) is 0.594. The van der Waals surface area contributed by atoms with E-state index in [2.05, 4.69) is 43.1 Å². The molecule has 1 unspecified atom stereocenters. The number of hydrogen-bond acceptors (Lipinski definition) is 4. The highest BCUT2D eigenvalue weighted by Gasteiger charge is 2.24. The molecular formula is C17H26N6S. The van der Waals surface area contributed by atoms with Gasteiger partial charge >= 0.3 is 0 Å². The Kier molecular flexibility index (Phi) is 6.26. The van der Waals surface area contributed by atoms with Crippen molar-refractivity contribution in [3.63, 3.8) is 0 Å². The van der Waals surface area contributed by atoms with E-state index >= 15 is 0 Å². The van der Waals surface area contributed by atoms with Crippen LogP contribution in [0.15, 0.2) is 41.0 Å². The summed E-state index contributed by atoms with van der Waals surface area (Å²) in [5.41, 5.74) is 0. The lowest BCUT2D eigenvalue weighted by molar-refractivity contribution is 0.249. The highest BCUT2D eigenvalue weighted by molar-refractivity contribution is 7.10. The number of nitrogens with zero attached hydrogens (tertiary/aromatic N) is 4. The van der Waals surface area contributed by atoms with E-state index in [1.54, 1.807) is 6.20 Å². The molecule has 1 fully saturated rings. The second-order valence-electron chi connectivity index (χ2n) is 5.92. The maximum Gasteiger partial charge on any atom is 0.191 e. The van der Waals surface area contributed by atoms with Gasteiger partial charge in [0.1, 0.15) is 0 Å². The number of aliphatic imine (C=N–C) groups is 1. The number of likely N-dealkylation sites (tertiary alicyclic amines) is 1. The normalized spacial score (nSPS) is 17.1. The zero-order valence-electron chi connectivity index (χ0n) is 14.2.